The molecule has 1 N–H and O–H groups in total. The van der Waals surface area contributed by atoms with E-state index in [1.54, 1.807) is 45.0 Å². The Hall–Kier alpha value is -6.52. The summed E-state index contributed by atoms with van der Waals surface area (Å²) in [6.07, 6.45) is 0.720. The Morgan fingerprint density at radius 2 is 1.51 bits per heavy atom. The number of ether oxygens (including phenoxy) is 3. The van der Waals surface area contributed by atoms with Gasteiger partial charge in [-0.3, -0.25) is 14.6 Å². The average molecular weight is 715 g/mol. The molecule has 0 aliphatic rings. The van der Waals surface area contributed by atoms with Crippen LogP contribution in [0.2, 0.25) is 0 Å². The molecule has 1 heterocycles. The first kappa shape index (κ1) is 39.3. The number of likely N-dealkylation sites (N-methyl/N-ethyl adjacent to an activating group) is 1. The fraction of sp³-hybridized carbons (Fsp3) is 0.350. The molecule has 53 heavy (non-hydrogen) atoms. The predicted molar refractivity (Wildman–Crippen MR) is 199 cm³/mol. The largest absolute Gasteiger partial charge is 0.490 e. The Bertz CT molecular complexity index is 1990. The lowest BCUT2D eigenvalue weighted by Gasteiger charge is -2.34. The van der Waals surface area contributed by atoms with Crippen LogP contribution in [0.3, 0.4) is 0 Å². The second-order valence-corrected chi connectivity index (χ2v) is 13.1. The van der Waals surface area contributed by atoms with Crippen molar-refractivity contribution in [3.63, 3.8) is 0 Å². The molecule has 0 spiro atoms. The summed E-state index contributed by atoms with van der Waals surface area (Å²) in [4.78, 5) is 38.3. The molecule has 0 amide bonds. The van der Waals surface area contributed by atoms with Gasteiger partial charge in [0.15, 0.2) is 5.69 Å². The number of esters is 2. The van der Waals surface area contributed by atoms with Gasteiger partial charge in [-0.05, 0) is 100 Å². The van der Waals surface area contributed by atoms with Crippen molar-refractivity contribution in [2.24, 2.45) is 21.1 Å². The molecule has 272 valence electrons. The number of H-pyrrole nitrogens is 1. The molecule has 0 fully saturated rings. The highest BCUT2D eigenvalue weighted by molar-refractivity contribution is 5.80. The molecule has 0 saturated carbocycles. The SMILES string of the molecule is [C-]#[N+]c1[nH]c(N=Nc2ccc(N(CC)CCOC(=O)C(C)(C)CC(C)(CC)C(=O)OCCOc3ccc(-c4ccc(C#N)cc4)cc3)cc2)nc1C#N. The van der Waals surface area contributed by atoms with Crippen molar-refractivity contribution in [3.05, 3.63) is 95.5 Å². The second kappa shape index (κ2) is 18.1. The molecule has 4 aromatic rings. The van der Waals surface area contributed by atoms with E-state index in [-0.39, 0.29) is 43.7 Å². The maximum absolute atomic E-state index is 13.3. The first-order valence-corrected chi connectivity index (χ1v) is 17.2. The number of carbonyl (C=O) groups is 2. The Morgan fingerprint density at radius 3 is 2.08 bits per heavy atom. The summed E-state index contributed by atoms with van der Waals surface area (Å²) in [7, 11) is 0. The summed E-state index contributed by atoms with van der Waals surface area (Å²) in [6.45, 7) is 17.8. The van der Waals surface area contributed by atoms with Crippen molar-refractivity contribution in [2.75, 3.05) is 37.8 Å². The third kappa shape index (κ3) is 10.5. The summed E-state index contributed by atoms with van der Waals surface area (Å²) < 4.78 is 17.1. The van der Waals surface area contributed by atoms with E-state index in [1.807, 2.05) is 73.3 Å². The first-order valence-electron chi connectivity index (χ1n) is 17.2. The monoisotopic (exact) mass is 714 g/mol. The molecule has 0 bridgehead atoms. The fourth-order valence-electron chi connectivity index (χ4n) is 5.65. The van der Waals surface area contributed by atoms with Gasteiger partial charge in [0.2, 0.25) is 0 Å². The van der Waals surface area contributed by atoms with E-state index in [4.69, 9.17) is 31.3 Å². The number of benzene rings is 3. The van der Waals surface area contributed by atoms with Gasteiger partial charge in [-0.15, -0.1) is 5.11 Å². The van der Waals surface area contributed by atoms with Crippen LogP contribution in [-0.4, -0.2) is 54.8 Å². The molecule has 3 aromatic carbocycles. The number of hydrogen-bond acceptors (Lipinski definition) is 11. The molecule has 1 atom stereocenters. The van der Waals surface area contributed by atoms with Crippen LogP contribution in [0.15, 0.2) is 83.0 Å². The Labute approximate surface area is 309 Å². The van der Waals surface area contributed by atoms with Gasteiger partial charge in [0.25, 0.3) is 5.82 Å². The molecule has 0 aliphatic heterocycles. The number of nitriles is 2. The second-order valence-electron chi connectivity index (χ2n) is 13.1. The zero-order valence-corrected chi connectivity index (χ0v) is 30.5. The summed E-state index contributed by atoms with van der Waals surface area (Å²) >= 11 is 0. The number of aromatic amines is 1. The van der Waals surface area contributed by atoms with Gasteiger partial charge in [0.05, 0.1) is 34.7 Å². The number of rotatable bonds is 17. The van der Waals surface area contributed by atoms with Crippen LogP contribution >= 0.6 is 0 Å². The van der Waals surface area contributed by atoms with E-state index in [2.05, 4.69) is 31.1 Å². The van der Waals surface area contributed by atoms with Gasteiger partial charge in [-0.2, -0.15) is 15.5 Å². The molecule has 13 heteroatoms. The molecule has 0 saturated heterocycles. The third-order valence-electron chi connectivity index (χ3n) is 8.79. The average Bonchev–Trinajstić information content (AvgIpc) is 3.60. The highest BCUT2D eigenvalue weighted by Gasteiger charge is 2.43. The normalized spacial score (nSPS) is 12.2. The molecule has 1 aromatic heterocycles. The summed E-state index contributed by atoms with van der Waals surface area (Å²) in [5, 5.41) is 26.2. The molecule has 1 unspecified atom stereocenters. The van der Waals surface area contributed by atoms with E-state index >= 15 is 0 Å². The molecular weight excluding hydrogens is 672 g/mol. The maximum atomic E-state index is 13.3. The zero-order valence-electron chi connectivity index (χ0n) is 30.5. The minimum Gasteiger partial charge on any atom is -0.490 e. The Balaban J connectivity index is 1.22. The van der Waals surface area contributed by atoms with Crippen LogP contribution in [0.4, 0.5) is 23.1 Å². The van der Waals surface area contributed by atoms with Gasteiger partial charge < -0.3 is 24.0 Å². The number of anilines is 1. The fourth-order valence-corrected chi connectivity index (χ4v) is 5.65. The van der Waals surface area contributed by atoms with Crippen LogP contribution in [0.5, 0.6) is 5.75 Å². The standard InChI is InChI=1S/C40H42N8O5/c1-7-40(5,37(50)53-24-23-51-33-19-13-30(14-20-33)29-11-9-28(25-41)10-12-29)27-39(3,4)36(49)52-22-21-48(8-2)32-17-15-31(16-18-32)46-47-38-44-34(26-42)35(43-6)45-38/h9-20H,7-8,21-24,27H2,1-5H3,(H,44,45). The summed E-state index contributed by atoms with van der Waals surface area (Å²) in [6, 6.07) is 26.1. The Kier molecular flexibility index (Phi) is 13.4. The summed E-state index contributed by atoms with van der Waals surface area (Å²) in [5.41, 5.74) is 2.14. The maximum Gasteiger partial charge on any atom is 0.322 e. The van der Waals surface area contributed by atoms with E-state index in [9.17, 15) is 9.59 Å². The van der Waals surface area contributed by atoms with Gasteiger partial charge in [0.1, 0.15) is 31.6 Å². The van der Waals surface area contributed by atoms with E-state index < -0.39 is 22.8 Å². The van der Waals surface area contributed by atoms with Gasteiger partial charge >= 0.3 is 17.9 Å². The topological polar surface area (TPSA) is 170 Å². The van der Waals surface area contributed by atoms with Crippen LogP contribution < -0.4 is 9.64 Å². The van der Waals surface area contributed by atoms with Gasteiger partial charge in [0, 0.05) is 12.2 Å². The number of hydrogen-bond donors (Lipinski definition) is 1. The quantitative estimate of drug-likeness (QED) is 0.0487. The molecule has 13 nitrogen and oxygen atoms in total. The third-order valence-corrected chi connectivity index (χ3v) is 8.79. The molecule has 0 radical (unpaired) electrons. The lowest BCUT2D eigenvalue weighted by Crippen LogP contribution is -2.39. The lowest BCUT2D eigenvalue weighted by atomic mass is 9.72. The van der Waals surface area contributed by atoms with Gasteiger partial charge in [-0.1, -0.05) is 42.9 Å². The number of nitrogens with zero attached hydrogens (tertiary/aromatic N) is 7. The zero-order chi connectivity index (χ0) is 38.4. The van der Waals surface area contributed by atoms with Crippen molar-refractivity contribution < 1.29 is 23.8 Å². The van der Waals surface area contributed by atoms with Crippen LogP contribution in [-0.2, 0) is 19.1 Å². The lowest BCUT2D eigenvalue weighted by molar-refractivity contribution is -0.163. The predicted octanol–water partition coefficient (Wildman–Crippen LogP) is 8.61. The number of aromatic nitrogens is 2. The Morgan fingerprint density at radius 1 is 0.868 bits per heavy atom. The van der Waals surface area contributed by atoms with E-state index in [0.717, 1.165) is 16.8 Å². The highest BCUT2D eigenvalue weighted by atomic mass is 16.6. The van der Waals surface area contributed by atoms with Crippen molar-refractivity contribution in [2.45, 2.75) is 47.5 Å². The van der Waals surface area contributed by atoms with Crippen molar-refractivity contribution in [3.8, 4) is 29.0 Å². The first-order chi connectivity index (χ1) is 25.4. The number of nitrogens with one attached hydrogen (secondary N) is 1. The van der Waals surface area contributed by atoms with Crippen LogP contribution in [0.1, 0.15) is 58.7 Å². The minimum atomic E-state index is -0.946. The molecular formula is C40H42N8O5. The van der Waals surface area contributed by atoms with Crippen LogP contribution in [0, 0.1) is 40.1 Å². The van der Waals surface area contributed by atoms with E-state index in [1.165, 1.54) is 0 Å². The molecule has 0 aliphatic carbocycles. The molecule has 4 rings (SSSR count). The van der Waals surface area contributed by atoms with Crippen molar-refractivity contribution in [1.82, 2.24) is 9.97 Å². The highest BCUT2D eigenvalue weighted by Crippen LogP contribution is 2.38. The van der Waals surface area contributed by atoms with Crippen molar-refractivity contribution >= 4 is 35.1 Å². The smallest absolute Gasteiger partial charge is 0.322 e. The number of carbonyl (C=O) groups excluding carboxylic acids is 2. The summed E-state index contributed by atoms with van der Waals surface area (Å²) in [5.74, 6) is -0.0759. The van der Waals surface area contributed by atoms with Crippen molar-refractivity contribution in [1.29, 1.82) is 10.5 Å². The van der Waals surface area contributed by atoms with Crippen LogP contribution in [0.25, 0.3) is 16.0 Å². The number of azo groups is 1. The number of imidazole rings is 1. The minimum absolute atomic E-state index is 0.0142. The van der Waals surface area contributed by atoms with Gasteiger partial charge in [-0.25, -0.2) is 0 Å². The van der Waals surface area contributed by atoms with E-state index in [0.29, 0.717) is 36.5 Å².